The maximum absolute atomic E-state index is 11.9. The summed E-state index contributed by atoms with van der Waals surface area (Å²) in [6.45, 7) is 3.66. The van der Waals surface area contributed by atoms with Crippen molar-refractivity contribution in [3.63, 3.8) is 0 Å². The number of hydrogen-bond donors (Lipinski definition) is 1. The van der Waals surface area contributed by atoms with Crippen LogP contribution in [-0.4, -0.2) is 37.4 Å². The Morgan fingerprint density at radius 1 is 1.56 bits per heavy atom. The van der Waals surface area contributed by atoms with Gasteiger partial charge in [0.15, 0.2) is 0 Å². The van der Waals surface area contributed by atoms with Crippen molar-refractivity contribution in [3.8, 4) is 0 Å². The van der Waals surface area contributed by atoms with Crippen molar-refractivity contribution in [2.24, 2.45) is 0 Å². The Labute approximate surface area is 98.4 Å². The van der Waals surface area contributed by atoms with E-state index in [2.05, 4.69) is 0 Å². The number of carboxylic acid groups (broad SMARTS) is 1. The molecule has 0 spiro atoms. The molecule has 90 valence electrons. The van der Waals surface area contributed by atoms with E-state index in [1.54, 1.807) is 13.8 Å². The van der Waals surface area contributed by atoms with Crippen molar-refractivity contribution >= 4 is 27.3 Å². The molecule has 1 rings (SSSR count). The lowest BCUT2D eigenvalue weighted by Gasteiger charge is -2.12. The molecule has 1 N–H and O–H groups in total. The number of nitrogens with zero attached hydrogens (tertiary/aromatic N) is 1. The van der Waals surface area contributed by atoms with E-state index < -0.39 is 16.0 Å². The third-order valence-electron chi connectivity index (χ3n) is 2.20. The number of rotatable bonds is 4. The fourth-order valence-corrected chi connectivity index (χ4v) is 3.89. The van der Waals surface area contributed by atoms with E-state index in [1.165, 1.54) is 17.4 Å². The highest BCUT2D eigenvalue weighted by molar-refractivity contribution is 7.91. The Kier molecular flexibility index (Phi) is 3.72. The minimum Gasteiger partial charge on any atom is -0.477 e. The zero-order valence-corrected chi connectivity index (χ0v) is 10.9. The third kappa shape index (κ3) is 2.26. The average molecular weight is 263 g/mol. The van der Waals surface area contributed by atoms with Crippen LogP contribution in [0.25, 0.3) is 0 Å². The van der Waals surface area contributed by atoms with E-state index in [1.807, 2.05) is 0 Å². The number of carbonyl (C=O) groups is 1. The van der Waals surface area contributed by atoms with E-state index in [-0.39, 0.29) is 9.09 Å². The summed E-state index contributed by atoms with van der Waals surface area (Å²) in [5.74, 6) is -1.09. The fraction of sp³-hybridized carbons (Fsp3) is 0.444. The summed E-state index contributed by atoms with van der Waals surface area (Å²) < 4.78 is 25.0. The molecule has 0 saturated carbocycles. The van der Waals surface area contributed by atoms with Crippen molar-refractivity contribution < 1.29 is 18.3 Å². The number of carboxylic acids is 1. The zero-order chi connectivity index (χ0) is 12.5. The average Bonchev–Trinajstić information content (AvgIpc) is 2.59. The second-order valence-electron chi connectivity index (χ2n) is 3.30. The number of hydrogen-bond acceptors (Lipinski definition) is 4. The summed E-state index contributed by atoms with van der Waals surface area (Å²) in [6.07, 6.45) is 0. The van der Waals surface area contributed by atoms with Crippen LogP contribution in [0.2, 0.25) is 0 Å². The van der Waals surface area contributed by atoms with Crippen molar-refractivity contribution in [1.82, 2.24) is 4.31 Å². The minimum atomic E-state index is -3.54. The number of aryl methyl sites for hydroxylation is 1. The normalized spacial score (nSPS) is 12.0. The van der Waals surface area contributed by atoms with Gasteiger partial charge in [-0.3, -0.25) is 0 Å². The van der Waals surface area contributed by atoms with Gasteiger partial charge in [0.2, 0.25) is 0 Å². The molecule has 5 nitrogen and oxygen atoms in total. The molecule has 0 amide bonds. The molecule has 0 radical (unpaired) electrons. The molecule has 0 aliphatic heterocycles. The Morgan fingerprint density at radius 2 is 2.12 bits per heavy atom. The first kappa shape index (κ1) is 13.1. The first-order chi connectivity index (χ1) is 7.30. The lowest BCUT2D eigenvalue weighted by atomic mass is 10.3. The SMILES string of the molecule is CCN(C)S(=O)(=O)c1cc(C)c(C(=O)O)s1. The quantitative estimate of drug-likeness (QED) is 0.891. The summed E-state index contributed by atoms with van der Waals surface area (Å²) >= 11 is 0.789. The summed E-state index contributed by atoms with van der Waals surface area (Å²) in [4.78, 5) is 10.9. The van der Waals surface area contributed by atoms with Gasteiger partial charge in [0, 0.05) is 13.6 Å². The first-order valence-electron chi connectivity index (χ1n) is 4.60. The molecule has 0 saturated heterocycles. The summed E-state index contributed by atoms with van der Waals surface area (Å²) in [7, 11) is -2.07. The molecule has 0 aliphatic carbocycles. The van der Waals surface area contributed by atoms with Crippen LogP contribution in [0.4, 0.5) is 0 Å². The van der Waals surface area contributed by atoms with Crippen LogP contribution < -0.4 is 0 Å². The molecule has 0 unspecified atom stereocenters. The number of thiophene rings is 1. The van der Waals surface area contributed by atoms with Gasteiger partial charge in [-0.25, -0.2) is 17.5 Å². The Hall–Kier alpha value is -0.920. The van der Waals surface area contributed by atoms with Crippen LogP contribution in [0.3, 0.4) is 0 Å². The van der Waals surface area contributed by atoms with Gasteiger partial charge in [-0.05, 0) is 18.6 Å². The smallest absolute Gasteiger partial charge is 0.346 e. The summed E-state index contributed by atoms with van der Waals surface area (Å²) in [5, 5.41) is 8.84. The van der Waals surface area contributed by atoms with Crippen molar-refractivity contribution in [3.05, 3.63) is 16.5 Å². The van der Waals surface area contributed by atoms with E-state index in [4.69, 9.17) is 5.11 Å². The van der Waals surface area contributed by atoms with E-state index in [9.17, 15) is 13.2 Å². The van der Waals surface area contributed by atoms with Crippen LogP contribution in [0.15, 0.2) is 10.3 Å². The summed E-state index contributed by atoms with van der Waals surface area (Å²) in [5.41, 5.74) is 0.473. The second-order valence-corrected chi connectivity index (χ2v) is 6.63. The molecule has 0 atom stereocenters. The number of sulfonamides is 1. The van der Waals surface area contributed by atoms with Gasteiger partial charge in [-0.2, -0.15) is 0 Å². The van der Waals surface area contributed by atoms with Gasteiger partial charge >= 0.3 is 5.97 Å². The van der Waals surface area contributed by atoms with Crippen molar-refractivity contribution in [1.29, 1.82) is 0 Å². The van der Waals surface area contributed by atoms with Crippen molar-refractivity contribution in [2.45, 2.75) is 18.1 Å². The van der Waals surface area contributed by atoms with Crippen LogP contribution in [0.1, 0.15) is 22.2 Å². The predicted molar refractivity (Wildman–Crippen MR) is 61.5 cm³/mol. The van der Waals surface area contributed by atoms with Crippen LogP contribution >= 0.6 is 11.3 Å². The Morgan fingerprint density at radius 3 is 2.50 bits per heavy atom. The lowest BCUT2D eigenvalue weighted by Crippen LogP contribution is -2.25. The number of aromatic carboxylic acids is 1. The molecular formula is C9H13NO4S2. The lowest BCUT2D eigenvalue weighted by molar-refractivity contribution is 0.0701. The van der Waals surface area contributed by atoms with Gasteiger partial charge in [0.05, 0.1) is 0 Å². The van der Waals surface area contributed by atoms with E-state index in [0.717, 1.165) is 11.3 Å². The molecule has 1 aromatic rings. The first-order valence-corrected chi connectivity index (χ1v) is 6.86. The molecule has 0 aromatic carbocycles. The van der Waals surface area contributed by atoms with Crippen LogP contribution in [0, 0.1) is 6.92 Å². The van der Waals surface area contributed by atoms with Crippen molar-refractivity contribution in [2.75, 3.05) is 13.6 Å². The van der Waals surface area contributed by atoms with E-state index in [0.29, 0.717) is 12.1 Å². The Balaban J connectivity index is 3.26. The van der Waals surface area contributed by atoms with E-state index >= 15 is 0 Å². The molecule has 7 heteroatoms. The fourth-order valence-electron chi connectivity index (χ4n) is 1.12. The standard InChI is InChI=1S/C9H13NO4S2/c1-4-10(3)16(13,14)7-5-6(2)8(15-7)9(11)12/h5H,4H2,1-3H3,(H,11,12). The minimum absolute atomic E-state index is 0.0723. The highest BCUT2D eigenvalue weighted by Gasteiger charge is 2.24. The maximum atomic E-state index is 11.9. The molecule has 1 aromatic heterocycles. The largest absolute Gasteiger partial charge is 0.477 e. The zero-order valence-electron chi connectivity index (χ0n) is 9.22. The van der Waals surface area contributed by atoms with Crippen LogP contribution in [-0.2, 0) is 10.0 Å². The topological polar surface area (TPSA) is 74.7 Å². The molecule has 1 heterocycles. The van der Waals surface area contributed by atoms with Crippen LogP contribution in [0.5, 0.6) is 0 Å². The Bertz CT molecular complexity index is 504. The van der Waals surface area contributed by atoms with Gasteiger partial charge in [-0.1, -0.05) is 6.92 Å². The highest BCUT2D eigenvalue weighted by atomic mass is 32.2. The highest BCUT2D eigenvalue weighted by Crippen LogP contribution is 2.27. The molecule has 0 aliphatic rings. The molecule has 16 heavy (non-hydrogen) atoms. The second kappa shape index (κ2) is 4.52. The predicted octanol–water partition coefficient (Wildman–Crippen LogP) is 1.40. The molecule has 0 bridgehead atoms. The monoisotopic (exact) mass is 263 g/mol. The van der Waals surface area contributed by atoms with Gasteiger partial charge in [0.1, 0.15) is 9.09 Å². The molecular weight excluding hydrogens is 250 g/mol. The molecule has 0 fully saturated rings. The maximum Gasteiger partial charge on any atom is 0.346 e. The van der Waals surface area contributed by atoms with Gasteiger partial charge in [0.25, 0.3) is 10.0 Å². The third-order valence-corrected chi connectivity index (χ3v) is 5.81. The van der Waals surface area contributed by atoms with Gasteiger partial charge in [-0.15, -0.1) is 11.3 Å². The summed E-state index contributed by atoms with van der Waals surface area (Å²) in [6, 6.07) is 1.40. The van der Waals surface area contributed by atoms with Gasteiger partial charge < -0.3 is 5.11 Å².